The van der Waals surface area contributed by atoms with Gasteiger partial charge in [-0.2, -0.15) is 0 Å². The van der Waals surface area contributed by atoms with Gasteiger partial charge in [0, 0.05) is 12.1 Å². The number of carbonyl (C=O) groups is 1. The van der Waals surface area contributed by atoms with Crippen LogP contribution < -0.4 is 10.1 Å². The molecule has 29 heavy (non-hydrogen) atoms. The zero-order chi connectivity index (χ0) is 21.0. The summed E-state index contributed by atoms with van der Waals surface area (Å²) in [5.74, 6) is -1.04. The van der Waals surface area contributed by atoms with Crippen molar-refractivity contribution in [2.75, 3.05) is 6.54 Å². The van der Waals surface area contributed by atoms with E-state index < -0.39 is 29.9 Å². The molecule has 0 saturated carbocycles. The molecule has 1 unspecified atom stereocenters. The lowest BCUT2D eigenvalue weighted by Gasteiger charge is -2.13. The summed E-state index contributed by atoms with van der Waals surface area (Å²) in [6.07, 6.45) is -5.95. The lowest BCUT2D eigenvalue weighted by atomic mass is 10.1. The monoisotopic (exact) mass is 409 g/mol. The smallest absolute Gasteiger partial charge is 0.451 e. The SMILES string of the molecule is O=C(NCC(O)c1ccc(OC(F)(F)F)cc1)c1ccc(-c2ccc(F)cc2)o1. The molecule has 0 spiro atoms. The normalized spacial score (nSPS) is 12.4. The summed E-state index contributed by atoms with van der Waals surface area (Å²) in [4.78, 5) is 12.2. The highest BCUT2D eigenvalue weighted by Crippen LogP contribution is 2.25. The lowest BCUT2D eigenvalue weighted by molar-refractivity contribution is -0.274. The van der Waals surface area contributed by atoms with Crippen molar-refractivity contribution in [2.45, 2.75) is 12.5 Å². The summed E-state index contributed by atoms with van der Waals surface area (Å²) in [5, 5.41) is 12.6. The predicted octanol–water partition coefficient (Wildman–Crippen LogP) is 4.45. The molecule has 1 heterocycles. The number of alkyl halides is 3. The second-order valence-corrected chi connectivity index (χ2v) is 6.01. The van der Waals surface area contributed by atoms with Gasteiger partial charge in [-0.3, -0.25) is 4.79 Å². The van der Waals surface area contributed by atoms with E-state index in [0.717, 1.165) is 12.1 Å². The molecule has 0 aliphatic rings. The Bertz CT molecular complexity index is 965. The van der Waals surface area contributed by atoms with E-state index in [1.807, 2.05) is 0 Å². The molecule has 0 bridgehead atoms. The third kappa shape index (κ3) is 5.58. The van der Waals surface area contributed by atoms with Crippen LogP contribution in [0.4, 0.5) is 17.6 Å². The van der Waals surface area contributed by atoms with Gasteiger partial charge in [0.15, 0.2) is 5.76 Å². The number of hydrogen-bond donors (Lipinski definition) is 2. The summed E-state index contributed by atoms with van der Waals surface area (Å²) in [5.41, 5.74) is 0.887. The maximum absolute atomic E-state index is 13.0. The number of benzene rings is 2. The first-order valence-electron chi connectivity index (χ1n) is 8.39. The van der Waals surface area contributed by atoms with Crippen molar-refractivity contribution >= 4 is 5.91 Å². The van der Waals surface area contributed by atoms with Crippen LogP contribution in [0.5, 0.6) is 5.75 Å². The van der Waals surface area contributed by atoms with Crippen LogP contribution in [0.3, 0.4) is 0 Å². The molecular formula is C20H15F4NO4. The van der Waals surface area contributed by atoms with Crippen molar-refractivity contribution in [2.24, 2.45) is 0 Å². The Morgan fingerprint density at radius 2 is 1.69 bits per heavy atom. The average Bonchev–Trinajstić information content (AvgIpc) is 3.16. The Balaban J connectivity index is 1.57. The van der Waals surface area contributed by atoms with Gasteiger partial charge in [0.1, 0.15) is 17.3 Å². The molecule has 1 aromatic heterocycles. The summed E-state index contributed by atoms with van der Waals surface area (Å²) < 4.78 is 58.6. The molecule has 0 fully saturated rings. The number of rotatable bonds is 6. The summed E-state index contributed by atoms with van der Waals surface area (Å²) in [6.45, 7) is -0.190. The van der Waals surface area contributed by atoms with E-state index in [1.165, 1.54) is 42.5 Å². The fourth-order valence-electron chi connectivity index (χ4n) is 2.52. The van der Waals surface area contributed by atoms with E-state index >= 15 is 0 Å². The molecule has 152 valence electrons. The minimum Gasteiger partial charge on any atom is -0.451 e. The van der Waals surface area contributed by atoms with Crippen molar-refractivity contribution in [3.8, 4) is 17.1 Å². The first kappa shape index (κ1) is 20.4. The third-order valence-electron chi connectivity index (χ3n) is 3.91. The highest BCUT2D eigenvalue weighted by molar-refractivity contribution is 5.92. The van der Waals surface area contributed by atoms with Crippen molar-refractivity contribution in [1.82, 2.24) is 5.32 Å². The molecular weight excluding hydrogens is 394 g/mol. The van der Waals surface area contributed by atoms with Crippen LogP contribution in [0.25, 0.3) is 11.3 Å². The van der Waals surface area contributed by atoms with Gasteiger partial charge in [0.2, 0.25) is 0 Å². The number of halogens is 4. The molecule has 0 radical (unpaired) electrons. The zero-order valence-corrected chi connectivity index (χ0v) is 14.7. The molecule has 0 saturated heterocycles. The molecule has 1 amide bonds. The van der Waals surface area contributed by atoms with Crippen molar-refractivity contribution in [1.29, 1.82) is 0 Å². The van der Waals surface area contributed by atoms with Gasteiger partial charge in [0.05, 0.1) is 6.10 Å². The molecule has 2 N–H and O–H groups in total. The number of aliphatic hydroxyl groups is 1. The van der Waals surface area contributed by atoms with Crippen LogP contribution >= 0.6 is 0 Å². The molecule has 9 heteroatoms. The van der Waals surface area contributed by atoms with Crippen LogP contribution in [-0.4, -0.2) is 23.9 Å². The Morgan fingerprint density at radius 1 is 1.03 bits per heavy atom. The number of hydrogen-bond acceptors (Lipinski definition) is 4. The van der Waals surface area contributed by atoms with E-state index in [0.29, 0.717) is 16.9 Å². The molecule has 0 aliphatic heterocycles. The minimum atomic E-state index is -4.80. The summed E-state index contributed by atoms with van der Waals surface area (Å²) in [6, 6.07) is 13.2. The van der Waals surface area contributed by atoms with Crippen molar-refractivity contribution in [3.63, 3.8) is 0 Å². The number of carbonyl (C=O) groups excluding carboxylic acids is 1. The number of ether oxygens (including phenoxy) is 1. The Kier molecular flexibility index (Phi) is 5.88. The van der Waals surface area contributed by atoms with Crippen molar-refractivity contribution in [3.05, 3.63) is 77.8 Å². The standard InChI is InChI=1S/C20H15F4NO4/c21-14-5-1-13(2-6-14)17-9-10-18(28-17)19(27)25-11-16(26)12-3-7-15(8-4-12)29-20(22,23)24/h1-10,16,26H,11H2,(H,25,27). The van der Waals surface area contributed by atoms with Gasteiger partial charge in [-0.25, -0.2) is 4.39 Å². The molecule has 1 atom stereocenters. The first-order chi connectivity index (χ1) is 13.7. The Morgan fingerprint density at radius 3 is 2.31 bits per heavy atom. The second-order valence-electron chi connectivity index (χ2n) is 6.01. The van der Waals surface area contributed by atoms with Crippen LogP contribution in [0.2, 0.25) is 0 Å². The zero-order valence-electron chi connectivity index (χ0n) is 14.7. The lowest BCUT2D eigenvalue weighted by Crippen LogP contribution is -2.28. The second kappa shape index (κ2) is 8.36. The van der Waals surface area contributed by atoms with E-state index in [9.17, 15) is 27.5 Å². The summed E-state index contributed by atoms with van der Waals surface area (Å²) in [7, 11) is 0. The average molecular weight is 409 g/mol. The fourth-order valence-corrected chi connectivity index (χ4v) is 2.52. The molecule has 5 nitrogen and oxygen atoms in total. The third-order valence-corrected chi connectivity index (χ3v) is 3.91. The number of nitrogens with one attached hydrogen (secondary N) is 1. The minimum absolute atomic E-state index is 0.00884. The Labute approximate surface area is 162 Å². The van der Waals surface area contributed by atoms with Crippen LogP contribution in [0, 0.1) is 5.82 Å². The van der Waals surface area contributed by atoms with E-state index in [1.54, 1.807) is 6.07 Å². The number of aliphatic hydroxyl groups excluding tert-OH is 1. The summed E-state index contributed by atoms with van der Waals surface area (Å²) >= 11 is 0. The highest BCUT2D eigenvalue weighted by atomic mass is 19.4. The van der Waals surface area contributed by atoms with Crippen LogP contribution in [-0.2, 0) is 0 Å². The van der Waals surface area contributed by atoms with Gasteiger partial charge < -0.3 is 19.6 Å². The largest absolute Gasteiger partial charge is 0.573 e. The Hall–Kier alpha value is -3.33. The fraction of sp³-hybridized carbons (Fsp3) is 0.150. The van der Waals surface area contributed by atoms with Crippen LogP contribution in [0.1, 0.15) is 22.2 Å². The van der Waals surface area contributed by atoms with Crippen molar-refractivity contribution < 1.29 is 36.6 Å². The first-order valence-corrected chi connectivity index (χ1v) is 8.39. The van der Waals surface area contributed by atoms with Crippen LogP contribution in [0.15, 0.2) is 65.1 Å². The van der Waals surface area contributed by atoms with E-state index in [2.05, 4.69) is 10.1 Å². The predicted molar refractivity (Wildman–Crippen MR) is 94.5 cm³/mol. The molecule has 2 aromatic carbocycles. The number of furan rings is 1. The van der Waals surface area contributed by atoms with Gasteiger partial charge >= 0.3 is 6.36 Å². The topological polar surface area (TPSA) is 71.7 Å². The quantitative estimate of drug-likeness (QED) is 0.591. The maximum Gasteiger partial charge on any atom is 0.573 e. The van der Waals surface area contributed by atoms with Gasteiger partial charge in [0.25, 0.3) is 5.91 Å². The van der Waals surface area contributed by atoms with E-state index in [-0.39, 0.29) is 12.3 Å². The van der Waals surface area contributed by atoms with Gasteiger partial charge in [-0.05, 0) is 54.1 Å². The van der Waals surface area contributed by atoms with Gasteiger partial charge in [-0.15, -0.1) is 13.2 Å². The number of amides is 1. The van der Waals surface area contributed by atoms with E-state index in [4.69, 9.17) is 4.42 Å². The molecule has 3 aromatic rings. The maximum atomic E-state index is 13.0. The van der Waals surface area contributed by atoms with Gasteiger partial charge in [-0.1, -0.05) is 12.1 Å². The molecule has 0 aliphatic carbocycles. The highest BCUT2D eigenvalue weighted by Gasteiger charge is 2.31. The molecule has 3 rings (SSSR count).